The number of hydrogen-bond acceptors (Lipinski definition) is 5. The van der Waals surface area contributed by atoms with E-state index >= 15 is 0 Å². The van der Waals surface area contributed by atoms with Gasteiger partial charge in [0.25, 0.3) is 0 Å². The normalized spacial score (nSPS) is 28.2. The molecule has 2 unspecified atom stereocenters. The molecule has 3 rings (SSSR count). The van der Waals surface area contributed by atoms with Crippen molar-refractivity contribution < 1.29 is 19.5 Å². The van der Waals surface area contributed by atoms with Gasteiger partial charge in [0.1, 0.15) is 12.2 Å². The quantitative estimate of drug-likeness (QED) is 0.776. The van der Waals surface area contributed by atoms with E-state index in [0.29, 0.717) is 11.6 Å². The number of fused-ring (bicyclic) bond motifs is 1. The van der Waals surface area contributed by atoms with E-state index in [1.54, 1.807) is 0 Å². The first-order valence-corrected chi connectivity index (χ1v) is 6.91. The van der Waals surface area contributed by atoms with Gasteiger partial charge < -0.3 is 5.11 Å². The van der Waals surface area contributed by atoms with E-state index in [9.17, 15) is 14.4 Å². The van der Waals surface area contributed by atoms with E-state index in [1.807, 2.05) is 0 Å². The number of aromatic nitrogens is 3. The van der Waals surface area contributed by atoms with Crippen molar-refractivity contribution in [1.82, 2.24) is 19.9 Å². The van der Waals surface area contributed by atoms with Gasteiger partial charge in [0, 0.05) is 0 Å². The largest absolute Gasteiger partial charge is 0.480 e. The predicted molar refractivity (Wildman–Crippen MR) is 68.6 cm³/mol. The van der Waals surface area contributed by atoms with Gasteiger partial charge in [-0.1, -0.05) is 12.1 Å². The highest BCUT2D eigenvalue weighted by atomic mass is 16.4. The van der Waals surface area contributed by atoms with Crippen molar-refractivity contribution in [3.63, 3.8) is 0 Å². The third kappa shape index (κ3) is 2.41. The fourth-order valence-electron chi connectivity index (χ4n) is 3.29. The summed E-state index contributed by atoms with van der Waals surface area (Å²) in [5.74, 6) is -1.28. The summed E-state index contributed by atoms with van der Waals surface area (Å²) in [6.45, 7) is 1.83. The van der Waals surface area contributed by atoms with Crippen LogP contribution in [0.5, 0.6) is 0 Å². The Morgan fingerprint density at radius 2 is 1.95 bits per heavy atom. The van der Waals surface area contributed by atoms with Gasteiger partial charge in [-0.3, -0.25) is 19.3 Å². The van der Waals surface area contributed by atoms with E-state index in [2.05, 4.69) is 17.2 Å². The number of carboxylic acids is 1. The van der Waals surface area contributed by atoms with Crippen molar-refractivity contribution in [3.05, 3.63) is 11.9 Å². The zero-order valence-electron chi connectivity index (χ0n) is 11.6. The molecule has 21 heavy (non-hydrogen) atoms. The fraction of sp³-hybridized carbons (Fsp3) is 0.615. The van der Waals surface area contributed by atoms with Gasteiger partial charge in [-0.15, -0.1) is 5.10 Å². The molecule has 0 spiro atoms. The standard InChI is InChI=1S/C13H16N4O4/c1-7-2-9-10(3-7)13(21)17(12(9)20)5-8-4-16(15-14-8)6-11(18)19/h4,7,9-10H,2-3,5-6H2,1H3,(H,18,19). The lowest BCUT2D eigenvalue weighted by Crippen LogP contribution is -2.31. The number of carboxylic acid groups (broad SMARTS) is 1. The van der Waals surface area contributed by atoms with Crippen LogP contribution in [-0.4, -0.2) is 42.8 Å². The van der Waals surface area contributed by atoms with Gasteiger partial charge in [-0.2, -0.15) is 0 Å². The van der Waals surface area contributed by atoms with Crippen LogP contribution in [0.1, 0.15) is 25.5 Å². The van der Waals surface area contributed by atoms with Crippen LogP contribution in [0.15, 0.2) is 6.20 Å². The van der Waals surface area contributed by atoms with Gasteiger partial charge in [0.2, 0.25) is 11.8 Å². The first-order chi connectivity index (χ1) is 9.95. The Balaban J connectivity index is 1.71. The number of carbonyl (C=O) groups is 3. The average molecular weight is 292 g/mol. The fourth-order valence-corrected chi connectivity index (χ4v) is 3.29. The summed E-state index contributed by atoms with van der Waals surface area (Å²) >= 11 is 0. The molecule has 1 aromatic heterocycles. The minimum absolute atomic E-state index is 0.0681. The Morgan fingerprint density at radius 3 is 2.52 bits per heavy atom. The molecule has 112 valence electrons. The molecule has 1 aromatic rings. The van der Waals surface area contributed by atoms with Gasteiger partial charge in [-0.05, 0) is 18.8 Å². The van der Waals surface area contributed by atoms with Gasteiger partial charge in [-0.25, -0.2) is 4.68 Å². The smallest absolute Gasteiger partial charge is 0.325 e. The highest BCUT2D eigenvalue weighted by Gasteiger charge is 2.51. The van der Waals surface area contributed by atoms with E-state index < -0.39 is 5.97 Å². The second-order valence-electron chi connectivity index (χ2n) is 5.85. The van der Waals surface area contributed by atoms with E-state index in [1.165, 1.54) is 15.8 Å². The van der Waals surface area contributed by atoms with Crippen LogP contribution in [0.2, 0.25) is 0 Å². The lowest BCUT2D eigenvalue weighted by atomic mass is 10.00. The molecule has 2 heterocycles. The highest BCUT2D eigenvalue weighted by Crippen LogP contribution is 2.43. The second kappa shape index (κ2) is 4.94. The zero-order chi connectivity index (χ0) is 15.1. The van der Waals surface area contributed by atoms with Crippen LogP contribution >= 0.6 is 0 Å². The van der Waals surface area contributed by atoms with Crippen molar-refractivity contribution in [2.24, 2.45) is 17.8 Å². The topological polar surface area (TPSA) is 105 Å². The maximum absolute atomic E-state index is 12.3. The number of nitrogens with zero attached hydrogens (tertiary/aromatic N) is 4. The summed E-state index contributed by atoms with van der Waals surface area (Å²) in [6.07, 6.45) is 2.97. The molecule has 2 aliphatic rings. The van der Waals surface area contributed by atoms with Crippen molar-refractivity contribution in [2.75, 3.05) is 0 Å². The van der Waals surface area contributed by atoms with E-state index in [4.69, 9.17) is 5.11 Å². The minimum atomic E-state index is -1.02. The lowest BCUT2D eigenvalue weighted by Gasteiger charge is -2.15. The third-order valence-electron chi connectivity index (χ3n) is 4.17. The number of amides is 2. The van der Waals surface area contributed by atoms with Crippen LogP contribution in [-0.2, 0) is 27.5 Å². The number of hydrogen-bond donors (Lipinski definition) is 1. The summed E-state index contributed by atoms with van der Waals surface area (Å²) in [6, 6.07) is 0. The summed E-state index contributed by atoms with van der Waals surface area (Å²) in [4.78, 5) is 36.4. The van der Waals surface area contributed by atoms with E-state index in [-0.39, 0.29) is 36.7 Å². The molecule has 1 N–H and O–H groups in total. The molecule has 0 bridgehead atoms. The lowest BCUT2D eigenvalue weighted by molar-refractivity contribution is -0.141. The maximum atomic E-state index is 12.3. The maximum Gasteiger partial charge on any atom is 0.325 e. The number of likely N-dealkylation sites (tertiary alicyclic amines) is 1. The Hall–Kier alpha value is -2.25. The Kier molecular flexibility index (Phi) is 3.23. The van der Waals surface area contributed by atoms with Crippen molar-refractivity contribution in [2.45, 2.75) is 32.9 Å². The monoisotopic (exact) mass is 292 g/mol. The summed E-state index contributed by atoms with van der Waals surface area (Å²) in [5, 5.41) is 16.2. The molecule has 8 nitrogen and oxygen atoms in total. The summed E-state index contributed by atoms with van der Waals surface area (Å²) in [7, 11) is 0. The summed E-state index contributed by atoms with van der Waals surface area (Å²) in [5.41, 5.74) is 0.422. The average Bonchev–Trinajstić information content (AvgIpc) is 3.04. The highest BCUT2D eigenvalue weighted by molar-refractivity contribution is 6.05. The number of rotatable bonds is 4. The van der Waals surface area contributed by atoms with Crippen LogP contribution in [0.3, 0.4) is 0 Å². The first-order valence-electron chi connectivity index (χ1n) is 6.91. The SMILES string of the molecule is CC1CC2C(=O)N(Cc3cn(CC(=O)O)nn3)C(=O)C2C1. The second-order valence-corrected chi connectivity index (χ2v) is 5.85. The molecule has 0 aromatic carbocycles. The zero-order valence-corrected chi connectivity index (χ0v) is 11.6. The van der Waals surface area contributed by atoms with Crippen molar-refractivity contribution in [1.29, 1.82) is 0 Å². The van der Waals surface area contributed by atoms with Gasteiger partial charge >= 0.3 is 5.97 Å². The van der Waals surface area contributed by atoms with Crippen LogP contribution in [0, 0.1) is 17.8 Å². The van der Waals surface area contributed by atoms with Gasteiger partial charge in [0.05, 0.1) is 24.6 Å². The third-order valence-corrected chi connectivity index (χ3v) is 4.17. The van der Waals surface area contributed by atoms with Crippen LogP contribution in [0.25, 0.3) is 0 Å². The Morgan fingerprint density at radius 1 is 1.33 bits per heavy atom. The summed E-state index contributed by atoms with van der Waals surface area (Å²) < 4.78 is 1.17. The number of imide groups is 1. The number of aliphatic carboxylic acids is 1. The molecule has 0 radical (unpaired) electrons. The molecular weight excluding hydrogens is 276 g/mol. The van der Waals surface area contributed by atoms with Crippen molar-refractivity contribution >= 4 is 17.8 Å². The molecule has 2 amide bonds. The Labute approximate surface area is 120 Å². The van der Waals surface area contributed by atoms with Crippen molar-refractivity contribution in [3.8, 4) is 0 Å². The molecule has 1 saturated carbocycles. The molecule has 2 fully saturated rings. The first kappa shape index (κ1) is 13.7. The molecule has 1 saturated heterocycles. The van der Waals surface area contributed by atoms with Gasteiger partial charge in [0.15, 0.2) is 0 Å². The molecule has 2 atom stereocenters. The molecule has 1 aliphatic heterocycles. The molecule has 1 aliphatic carbocycles. The van der Waals surface area contributed by atoms with E-state index in [0.717, 1.165) is 12.8 Å². The van der Waals surface area contributed by atoms with Crippen LogP contribution in [0.4, 0.5) is 0 Å². The van der Waals surface area contributed by atoms with Crippen LogP contribution < -0.4 is 0 Å². The number of carbonyl (C=O) groups excluding carboxylic acids is 2. The predicted octanol–water partition coefficient (Wildman–Crippen LogP) is -0.106. The molecule has 8 heteroatoms. The Bertz CT molecular complexity index is 587. The minimum Gasteiger partial charge on any atom is -0.480 e. The molecular formula is C13H16N4O4.